The quantitative estimate of drug-likeness (QED) is 0.419. The molecule has 0 unspecified atom stereocenters. The van der Waals surface area contributed by atoms with Crippen LogP contribution in [0.5, 0.6) is 0 Å². The summed E-state index contributed by atoms with van der Waals surface area (Å²) < 4.78 is 0. The number of aromatic amines is 2. The first kappa shape index (κ1) is 20.6. The molecule has 0 radical (unpaired) electrons. The predicted molar refractivity (Wildman–Crippen MR) is 123 cm³/mol. The number of fused-ring (bicyclic) bond motifs is 1. The fourth-order valence-corrected chi connectivity index (χ4v) is 3.72. The first-order chi connectivity index (χ1) is 15.1. The summed E-state index contributed by atoms with van der Waals surface area (Å²) in [4.78, 5) is 29.3. The highest BCUT2D eigenvalue weighted by molar-refractivity contribution is 5.96. The zero-order valence-electron chi connectivity index (χ0n) is 17.6. The average Bonchev–Trinajstić information content (AvgIpc) is 3.28. The molecule has 0 bridgehead atoms. The molecular formula is C25H26N4O2. The lowest BCUT2D eigenvalue weighted by atomic mass is 10.1. The topological polar surface area (TPSA) is 81.8 Å². The molecule has 0 aliphatic heterocycles. The average molecular weight is 415 g/mol. The highest BCUT2D eigenvalue weighted by Crippen LogP contribution is 2.18. The van der Waals surface area contributed by atoms with E-state index >= 15 is 0 Å². The normalized spacial score (nSPS) is 11.0. The number of pyridine rings is 1. The monoisotopic (exact) mass is 414 g/mol. The summed E-state index contributed by atoms with van der Waals surface area (Å²) >= 11 is 0. The van der Waals surface area contributed by atoms with Gasteiger partial charge in [-0.2, -0.15) is 5.10 Å². The van der Waals surface area contributed by atoms with Gasteiger partial charge in [-0.3, -0.25) is 14.7 Å². The highest BCUT2D eigenvalue weighted by atomic mass is 16.2. The minimum absolute atomic E-state index is 0.163. The number of benzene rings is 2. The van der Waals surface area contributed by atoms with Gasteiger partial charge in [0.05, 0.1) is 5.69 Å². The molecule has 0 aliphatic carbocycles. The van der Waals surface area contributed by atoms with Gasteiger partial charge in [0.25, 0.3) is 11.5 Å². The second kappa shape index (κ2) is 9.43. The summed E-state index contributed by atoms with van der Waals surface area (Å²) in [5, 5.41) is 8.88. The SMILES string of the molecule is CN(CCCCCc1cc(-c2ccccc2)n[nH]1)C(=O)c1cc2ccccc2c(=O)[nH]1. The maximum atomic E-state index is 12.7. The maximum absolute atomic E-state index is 12.7. The second-order valence-electron chi connectivity index (χ2n) is 7.78. The Morgan fingerprint density at radius 3 is 2.58 bits per heavy atom. The minimum atomic E-state index is -0.232. The molecule has 6 nitrogen and oxygen atoms in total. The zero-order chi connectivity index (χ0) is 21.6. The van der Waals surface area contributed by atoms with Crippen LogP contribution in [0.25, 0.3) is 22.0 Å². The number of nitrogens with one attached hydrogen (secondary N) is 2. The van der Waals surface area contributed by atoms with Crippen molar-refractivity contribution in [1.29, 1.82) is 0 Å². The van der Waals surface area contributed by atoms with Crippen LogP contribution in [0.2, 0.25) is 0 Å². The molecule has 158 valence electrons. The van der Waals surface area contributed by atoms with E-state index in [0.29, 0.717) is 17.6 Å². The first-order valence-electron chi connectivity index (χ1n) is 10.6. The molecule has 31 heavy (non-hydrogen) atoms. The van der Waals surface area contributed by atoms with Gasteiger partial charge in [0, 0.05) is 30.2 Å². The Bertz CT molecular complexity index is 1230. The number of unbranched alkanes of at least 4 members (excludes halogenated alkanes) is 2. The van der Waals surface area contributed by atoms with Crippen LogP contribution >= 0.6 is 0 Å². The standard InChI is InChI=1S/C25H26N4O2/c1-29(25(31)23-16-19-12-7-8-14-21(19)24(30)26-23)15-9-3-6-13-20-17-22(28-27-20)18-10-4-2-5-11-18/h2,4-5,7-8,10-12,14,16-17H,3,6,9,13,15H2,1H3,(H,26,30)(H,27,28). The van der Waals surface area contributed by atoms with Crippen LogP contribution in [0, 0.1) is 0 Å². The molecule has 0 atom stereocenters. The number of H-pyrrole nitrogens is 2. The van der Waals surface area contributed by atoms with Gasteiger partial charge in [-0.15, -0.1) is 0 Å². The van der Waals surface area contributed by atoms with Crippen molar-refractivity contribution in [2.75, 3.05) is 13.6 Å². The highest BCUT2D eigenvalue weighted by Gasteiger charge is 2.14. The molecular weight excluding hydrogens is 388 g/mol. The number of carbonyl (C=O) groups is 1. The predicted octanol–water partition coefficient (Wildman–Crippen LogP) is 4.40. The lowest BCUT2D eigenvalue weighted by Crippen LogP contribution is -2.30. The van der Waals surface area contributed by atoms with Crippen molar-refractivity contribution in [1.82, 2.24) is 20.1 Å². The molecule has 2 heterocycles. The van der Waals surface area contributed by atoms with Crippen LogP contribution in [-0.2, 0) is 6.42 Å². The van der Waals surface area contributed by atoms with E-state index in [1.807, 2.05) is 36.4 Å². The molecule has 6 heteroatoms. The van der Waals surface area contributed by atoms with E-state index in [4.69, 9.17) is 0 Å². The van der Waals surface area contributed by atoms with E-state index in [1.165, 1.54) is 0 Å². The molecule has 0 fully saturated rings. The Hall–Kier alpha value is -3.67. The molecule has 2 aromatic carbocycles. The van der Waals surface area contributed by atoms with Gasteiger partial charge in [0.1, 0.15) is 5.69 Å². The molecule has 0 saturated carbocycles. The molecule has 0 spiro atoms. The van der Waals surface area contributed by atoms with Crippen LogP contribution in [-0.4, -0.2) is 39.6 Å². The number of hydrogen-bond donors (Lipinski definition) is 2. The number of aromatic nitrogens is 3. The van der Waals surface area contributed by atoms with Crippen LogP contribution in [0.15, 0.2) is 71.5 Å². The van der Waals surface area contributed by atoms with E-state index in [1.54, 1.807) is 24.1 Å². The van der Waals surface area contributed by atoms with Crippen LogP contribution in [0.4, 0.5) is 0 Å². The third kappa shape index (κ3) is 4.91. The van der Waals surface area contributed by atoms with Crippen LogP contribution in [0.1, 0.15) is 35.4 Å². The summed E-state index contributed by atoms with van der Waals surface area (Å²) in [7, 11) is 1.77. The van der Waals surface area contributed by atoms with Crippen LogP contribution < -0.4 is 5.56 Å². The van der Waals surface area contributed by atoms with Crippen molar-refractivity contribution in [3.63, 3.8) is 0 Å². The Labute approximate surface area is 180 Å². The summed E-state index contributed by atoms with van der Waals surface area (Å²) in [6.45, 7) is 0.645. The largest absolute Gasteiger partial charge is 0.340 e. The van der Waals surface area contributed by atoms with E-state index in [-0.39, 0.29) is 11.5 Å². The molecule has 4 rings (SSSR count). The van der Waals surface area contributed by atoms with Crippen molar-refractivity contribution >= 4 is 16.7 Å². The van der Waals surface area contributed by atoms with Gasteiger partial charge >= 0.3 is 0 Å². The van der Waals surface area contributed by atoms with Gasteiger partial charge in [0.15, 0.2) is 0 Å². The smallest absolute Gasteiger partial charge is 0.270 e. The number of carbonyl (C=O) groups excluding carboxylic acids is 1. The Morgan fingerprint density at radius 1 is 0.968 bits per heavy atom. The summed E-state index contributed by atoms with van der Waals surface area (Å²) in [6, 6.07) is 21.2. The van der Waals surface area contributed by atoms with Crippen molar-refractivity contribution in [2.24, 2.45) is 0 Å². The molecule has 1 amide bonds. The lowest BCUT2D eigenvalue weighted by Gasteiger charge is -2.17. The number of hydrogen-bond acceptors (Lipinski definition) is 3. The van der Waals surface area contributed by atoms with E-state index < -0.39 is 0 Å². The molecule has 2 aromatic heterocycles. The molecule has 4 aromatic rings. The van der Waals surface area contributed by atoms with Gasteiger partial charge < -0.3 is 9.88 Å². The van der Waals surface area contributed by atoms with Crippen molar-refractivity contribution < 1.29 is 4.79 Å². The Balaban J connectivity index is 1.25. The van der Waals surface area contributed by atoms with Crippen molar-refractivity contribution in [3.8, 4) is 11.3 Å². The number of nitrogens with zero attached hydrogens (tertiary/aromatic N) is 2. The van der Waals surface area contributed by atoms with E-state index in [2.05, 4.69) is 33.4 Å². The summed E-state index contributed by atoms with van der Waals surface area (Å²) in [6.07, 6.45) is 3.85. The van der Waals surface area contributed by atoms with Crippen molar-refractivity contribution in [3.05, 3.63) is 88.5 Å². The van der Waals surface area contributed by atoms with Gasteiger partial charge in [-0.05, 0) is 42.8 Å². The Kier molecular flexibility index (Phi) is 6.26. The van der Waals surface area contributed by atoms with Crippen LogP contribution in [0.3, 0.4) is 0 Å². The van der Waals surface area contributed by atoms with Crippen molar-refractivity contribution in [2.45, 2.75) is 25.7 Å². The minimum Gasteiger partial charge on any atom is -0.340 e. The second-order valence-corrected chi connectivity index (χ2v) is 7.78. The van der Waals surface area contributed by atoms with Gasteiger partial charge in [-0.25, -0.2) is 0 Å². The summed E-state index contributed by atoms with van der Waals surface area (Å²) in [5.74, 6) is -0.163. The molecule has 0 aliphatic rings. The number of amides is 1. The van der Waals surface area contributed by atoms with Gasteiger partial charge in [-0.1, -0.05) is 55.0 Å². The van der Waals surface area contributed by atoms with E-state index in [9.17, 15) is 9.59 Å². The van der Waals surface area contributed by atoms with E-state index in [0.717, 1.165) is 48.0 Å². The number of aryl methyl sites for hydroxylation is 1. The molecule has 0 saturated heterocycles. The maximum Gasteiger partial charge on any atom is 0.270 e. The zero-order valence-corrected chi connectivity index (χ0v) is 17.6. The first-order valence-corrected chi connectivity index (χ1v) is 10.6. The number of rotatable bonds is 8. The third-order valence-corrected chi connectivity index (χ3v) is 5.47. The van der Waals surface area contributed by atoms with Gasteiger partial charge in [0.2, 0.25) is 0 Å². The third-order valence-electron chi connectivity index (χ3n) is 5.47. The fraction of sp³-hybridized carbons (Fsp3) is 0.240. The Morgan fingerprint density at radius 2 is 1.74 bits per heavy atom. The summed E-state index contributed by atoms with van der Waals surface area (Å²) in [5.41, 5.74) is 3.29. The molecule has 2 N–H and O–H groups in total. The fourth-order valence-electron chi connectivity index (χ4n) is 3.72. The lowest BCUT2D eigenvalue weighted by molar-refractivity contribution is 0.0786.